The number of nitrogens with zero attached hydrogens (tertiary/aromatic N) is 2. The fourth-order valence-corrected chi connectivity index (χ4v) is 3.23. The second-order valence-electron chi connectivity index (χ2n) is 7.70. The Kier molecular flexibility index (Phi) is 6.72. The topological polar surface area (TPSA) is 114 Å². The molecule has 2 amide bonds. The van der Waals surface area contributed by atoms with Crippen molar-refractivity contribution in [3.8, 4) is 22.8 Å². The number of rotatable bonds is 7. The lowest BCUT2D eigenvalue weighted by Gasteiger charge is -2.27. The number of benzene rings is 2. The Morgan fingerprint density at radius 2 is 1.87 bits per heavy atom. The van der Waals surface area contributed by atoms with Crippen molar-refractivity contribution in [2.45, 2.75) is 25.9 Å². The molecule has 0 radical (unpaired) electrons. The standard InChI is InChI=1S/C22H26ClN5O3/c1-22(2,9-10-24)31-20-7-5-14(12-16(20)18-8-11-25-28(18)3)26-21(30)27-15-4-6-17(23)19(29)13-15/h4-8,11-13,29H,9-10,24H2,1-3H3,(H2,26,27,30). The Hall–Kier alpha value is -3.23. The summed E-state index contributed by atoms with van der Waals surface area (Å²) in [6.45, 7) is 4.47. The first-order valence-corrected chi connectivity index (χ1v) is 10.1. The summed E-state index contributed by atoms with van der Waals surface area (Å²) in [6, 6.07) is 11.3. The molecule has 0 bridgehead atoms. The van der Waals surface area contributed by atoms with Crippen molar-refractivity contribution >= 4 is 29.0 Å². The maximum absolute atomic E-state index is 12.4. The molecule has 0 saturated heterocycles. The molecule has 5 N–H and O–H groups in total. The van der Waals surface area contributed by atoms with Gasteiger partial charge in [0.2, 0.25) is 0 Å². The van der Waals surface area contributed by atoms with Crippen molar-refractivity contribution < 1.29 is 14.6 Å². The summed E-state index contributed by atoms with van der Waals surface area (Å²) in [4.78, 5) is 12.4. The summed E-state index contributed by atoms with van der Waals surface area (Å²) in [7, 11) is 1.84. The third kappa shape index (κ3) is 5.68. The van der Waals surface area contributed by atoms with Crippen molar-refractivity contribution in [1.29, 1.82) is 0 Å². The van der Waals surface area contributed by atoms with Crippen LogP contribution in [0.1, 0.15) is 20.3 Å². The zero-order valence-corrected chi connectivity index (χ0v) is 18.4. The maximum Gasteiger partial charge on any atom is 0.323 e. The van der Waals surface area contributed by atoms with E-state index in [1.54, 1.807) is 23.0 Å². The number of urea groups is 1. The Bertz CT molecular complexity index is 1080. The number of phenols is 1. The van der Waals surface area contributed by atoms with Gasteiger partial charge in [-0.05, 0) is 63.2 Å². The quantitative estimate of drug-likeness (QED) is 0.426. The number of nitrogens with one attached hydrogen (secondary N) is 2. The zero-order valence-electron chi connectivity index (χ0n) is 17.6. The predicted octanol–water partition coefficient (Wildman–Crippen LogP) is 4.60. The van der Waals surface area contributed by atoms with Crippen LogP contribution >= 0.6 is 11.6 Å². The third-order valence-electron chi connectivity index (χ3n) is 4.67. The number of anilines is 2. The number of hydrogen-bond donors (Lipinski definition) is 4. The molecular formula is C22H26ClN5O3. The van der Waals surface area contributed by atoms with Crippen LogP contribution in [-0.2, 0) is 7.05 Å². The van der Waals surface area contributed by atoms with Gasteiger partial charge in [-0.15, -0.1) is 0 Å². The minimum atomic E-state index is -0.463. The first-order chi connectivity index (χ1) is 14.7. The number of aryl methyl sites for hydroxylation is 1. The second-order valence-corrected chi connectivity index (χ2v) is 8.10. The zero-order chi connectivity index (χ0) is 22.6. The van der Waals surface area contributed by atoms with Gasteiger partial charge in [-0.25, -0.2) is 4.79 Å². The van der Waals surface area contributed by atoms with Crippen molar-refractivity contribution in [3.63, 3.8) is 0 Å². The minimum Gasteiger partial charge on any atom is -0.506 e. The molecule has 31 heavy (non-hydrogen) atoms. The minimum absolute atomic E-state index is 0.112. The van der Waals surface area contributed by atoms with Gasteiger partial charge in [0.05, 0.1) is 10.7 Å². The van der Waals surface area contributed by atoms with E-state index in [9.17, 15) is 9.90 Å². The highest BCUT2D eigenvalue weighted by Crippen LogP contribution is 2.35. The average molecular weight is 444 g/mol. The van der Waals surface area contributed by atoms with Crippen LogP contribution in [0, 0.1) is 0 Å². The predicted molar refractivity (Wildman–Crippen MR) is 123 cm³/mol. The number of amides is 2. The van der Waals surface area contributed by atoms with E-state index in [0.717, 1.165) is 11.3 Å². The fourth-order valence-electron chi connectivity index (χ4n) is 3.12. The molecule has 164 valence electrons. The van der Waals surface area contributed by atoms with Gasteiger partial charge in [-0.2, -0.15) is 5.10 Å². The highest BCUT2D eigenvalue weighted by molar-refractivity contribution is 6.32. The van der Waals surface area contributed by atoms with Crippen LogP contribution in [0.15, 0.2) is 48.7 Å². The van der Waals surface area contributed by atoms with Gasteiger partial charge in [0.25, 0.3) is 0 Å². The van der Waals surface area contributed by atoms with Gasteiger partial charge in [-0.3, -0.25) is 4.68 Å². The third-order valence-corrected chi connectivity index (χ3v) is 4.99. The lowest BCUT2D eigenvalue weighted by molar-refractivity contribution is 0.103. The first kappa shape index (κ1) is 22.5. The Morgan fingerprint density at radius 3 is 2.48 bits per heavy atom. The number of nitrogens with two attached hydrogens (primary N) is 1. The number of carbonyl (C=O) groups is 1. The Balaban J connectivity index is 1.85. The van der Waals surface area contributed by atoms with Crippen LogP contribution in [0.25, 0.3) is 11.3 Å². The van der Waals surface area contributed by atoms with E-state index in [4.69, 9.17) is 22.1 Å². The second kappa shape index (κ2) is 9.28. The number of ether oxygens (including phenoxy) is 1. The molecule has 0 unspecified atom stereocenters. The monoisotopic (exact) mass is 443 g/mol. The van der Waals surface area contributed by atoms with Crippen LogP contribution in [-0.4, -0.2) is 33.1 Å². The van der Waals surface area contributed by atoms with Crippen LogP contribution in [0.2, 0.25) is 5.02 Å². The summed E-state index contributed by atoms with van der Waals surface area (Å²) in [6.07, 6.45) is 2.39. The Morgan fingerprint density at radius 1 is 1.19 bits per heavy atom. The molecule has 0 aliphatic carbocycles. The van der Waals surface area contributed by atoms with Gasteiger partial charge in [-0.1, -0.05) is 11.6 Å². The summed E-state index contributed by atoms with van der Waals surface area (Å²) < 4.78 is 7.98. The fraction of sp³-hybridized carbons (Fsp3) is 0.273. The summed E-state index contributed by atoms with van der Waals surface area (Å²) in [5, 5.41) is 19.6. The van der Waals surface area contributed by atoms with E-state index in [0.29, 0.717) is 30.1 Å². The van der Waals surface area contributed by atoms with E-state index in [1.165, 1.54) is 12.1 Å². The van der Waals surface area contributed by atoms with Crippen molar-refractivity contribution in [2.75, 3.05) is 17.2 Å². The molecule has 0 aliphatic rings. The van der Waals surface area contributed by atoms with Crippen molar-refractivity contribution in [3.05, 3.63) is 53.7 Å². The van der Waals surface area contributed by atoms with E-state index in [2.05, 4.69) is 15.7 Å². The number of phenolic OH excluding ortho intramolecular Hbond substituents is 1. The molecule has 0 fully saturated rings. The summed E-state index contributed by atoms with van der Waals surface area (Å²) in [5.41, 5.74) is 7.86. The molecule has 3 aromatic rings. The highest BCUT2D eigenvalue weighted by Gasteiger charge is 2.22. The van der Waals surface area contributed by atoms with Gasteiger partial charge < -0.3 is 26.2 Å². The molecule has 8 nitrogen and oxygen atoms in total. The maximum atomic E-state index is 12.4. The molecule has 0 spiro atoms. The number of halogens is 1. The smallest absolute Gasteiger partial charge is 0.323 e. The van der Waals surface area contributed by atoms with Gasteiger partial charge in [0, 0.05) is 36.2 Å². The number of carbonyl (C=O) groups excluding carboxylic acids is 1. The summed E-state index contributed by atoms with van der Waals surface area (Å²) >= 11 is 5.80. The normalized spacial score (nSPS) is 11.3. The van der Waals surface area contributed by atoms with Gasteiger partial charge in [0.1, 0.15) is 17.1 Å². The molecule has 1 heterocycles. The van der Waals surface area contributed by atoms with Crippen LogP contribution < -0.4 is 21.1 Å². The van der Waals surface area contributed by atoms with E-state index in [1.807, 2.05) is 39.1 Å². The van der Waals surface area contributed by atoms with Crippen LogP contribution in [0.3, 0.4) is 0 Å². The van der Waals surface area contributed by atoms with Gasteiger partial charge in [0.15, 0.2) is 0 Å². The average Bonchev–Trinajstić information content (AvgIpc) is 3.11. The number of aromatic hydroxyl groups is 1. The molecule has 3 rings (SSSR count). The Labute approximate surface area is 186 Å². The first-order valence-electron chi connectivity index (χ1n) is 9.76. The molecular weight excluding hydrogens is 418 g/mol. The molecule has 0 saturated carbocycles. The lowest BCUT2D eigenvalue weighted by atomic mass is 10.0. The van der Waals surface area contributed by atoms with E-state index in [-0.39, 0.29) is 10.8 Å². The van der Waals surface area contributed by atoms with E-state index >= 15 is 0 Å². The van der Waals surface area contributed by atoms with Gasteiger partial charge >= 0.3 is 6.03 Å². The number of hydrogen-bond acceptors (Lipinski definition) is 5. The molecule has 0 aliphatic heterocycles. The SMILES string of the molecule is Cn1nccc1-c1cc(NC(=O)Nc2ccc(Cl)c(O)c2)ccc1OC(C)(C)CCN. The molecule has 9 heteroatoms. The highest BCUT2D eigenvalue weighted by atomic mass is 35.5. The van der Waals surface area contributed by atoms with Crippen molar-refractivity contribution in [1.82, 2.24) is 9.78 Å². The molecule has 0 atom stereocenters. The molecule has 2 aromatic carbocycles. The van der Waals surface area contributed by atoms with E-state index < -0.39 is 11.6 Å². The van der Waals surface area contributed by atoms with Crippen LogP contribution in [0.5, 0.6) is 11.5 Å². The van der Waals surface area contributed by atoms with Crippen LogP contribution in [0.4, 0.5) is 16.2 Å². The van der Waals surface area contributed by atoms with Crippen molar-refractivity contribution in [2.24, 2.45) is 12.8 Å². The largest absolute Gasteiger partial charge is 0.506 e. The molecule has 1 aromatic heterocycles. The summed E-state index contributed by atoms with van der Waals surface area (Å²) in [5.74, 6) is 0.551. The number of aromatic nitrogens is 2. The lowest BCUT2D eigenvalue weighted by Crippen LogP contribution is -2.31.